The van der Waals surface area contributed by atoms with Crippen molar-refractivity contribution in [1.82, 2.24) is 10.2 Å². The van der Waals surface area contributed by atoms with Crippen LogP contribution >= 0.6 is 0 Å². The Bertz CT molecular complexity index is 297. The van der Waals surface area contributed by atoms with Crippen molar-refractivity contribution in [2.75, 3.05) is 5.73 Å². The van der Waals surface area contributed by atoms with Crippen LogP contribution in [0.25, 0.3) is 0 Å². The van der Waals surface area contributed by atoms with Crippen molar-refractivity contribution in [3.8, 4) is 0 Å². The molecular formula is C10H17N3. The molecule has 0 amide bonds. The summed E-state index contributed by atoms with van der Waals surface area (Å²) in [7, 11) is 0. The van der Waals surface area contributed by atoms with Gasteiger partial charge in [-0.3, -0.25) is 5.10 Å². The van der Waals surface area contributed by atoms with Gasteiger partial charge in [-0.05, 0) is 25.2 Å². The monoisotopic (exact) mass is 179 g/mol. The molecule has 0 radical (unpaired) electrons. The van der Waals surface area contributed by atoms with E-state index in [2.05, 4.69) is 24.0 Å². The van der Waals surface area contributed by atoms with Crippen molar-refractivity contribution < 1.29 is 0 Å². The Hall–Kier alpha value is -0.990. The topological polar surface area (TPSA) is 54.7 Å². The molecule has 1 heterocycles. The van der Waals surface area contributed by atoms with Crippen LogP contribution < -0.4 is 5.73 Å². The molecule has 0 atom stereocenters. The van der Waals surface area contributed by atoms with Crippen LogP contribution in [0.4, 0.5) is 5.82 Å². The number of anilines is 1. The smallest absolute Gasteiger partial charge is 0.148 e. The molecule has 0 saturated heterocycles. The van der Waals surface area contributed by atoms with Crippen LogP contribution in [-0.4, -0.2) is 10.2 Å². The second kappa shape index (κ2) is 3.05. The van der Waals surface area contributed by atoms with Crippen LogP contribution in [-0.2, 0) is 6.42 Å². The summed E-state index contributed by atoms with van der Waals surface area (Å²) in [5.41, 5.74) is 8.37. The van der Waals surface area contributed by atoms with E-state index < -0.39 is 0 Å². The minimum absolute atomic E-state index is 0.650. The zero-order chi connectivity index (χ0) is 9.42. The molecule has 3 heteroatoms. The molecular weight excluding hydrogens is 162 g/mol. The van der Waals surface area contributed by atoms with E-state index in [9.17, 15) is 0 Å². The number of aromatic nitrogens is 2. The fourth-order valence-electron chi connectivity index (χ4n) is 1.73. The van der Waals surface area contributed by atoms with Crippen LogP contribution in [0.5, 0.6) is 0 Å². The van der Waals surface area contributed by atoms with Crippen LogP contribution in [0.3, 0.4) is 0 Å². The van der Waals surface area contributed by atoms with Gasteiger partial charge in [-0.2, -0.15) is 5.10 Å². The molecule has 0 aromatic carbocycles. The van der Waals surface area contributed by atoms with Gasteiger partial charge in [-0.25, -0.2) is 0 Å². The lowest BCUT2D eigenvalue weighted by atomic mass is 10.0. The van der Waals surface area contributed by atoms with E-state index in [1.54, 1.807) is 0 Å². The molecule has 0 bridgehead atoms. The second-order valence-corrected chi connectivity index (χ2v) is 4.37. The first-order valence-electron chi connectivity index (χ1n) is 5.01. The maximum atomic E-state index is 5.81. The van der Waals surface area contributed by atoms with Crippen molar-refractivity contribution in [3.05, 3.63) is 11.3 Å². The minimum Gasteiger partial charge on any atom is -0.382 e. The summed E-state index contributed by atoms with van der Waals surface area (Å²) < 4.78 is 0. The van der Waals surface area contributed by atoms with Crippen LogP contribution in [0.1, 0.15) is 43.9 Å². The summed E-state index contributed by atoms with van der Waals surface area (Å²) in [6.45, 7) is 4.42. The number of nitrogens with zero attached hydrogens (tertiary/aromatic N) is 1. The quantitative estimate of drug-likeness (QED) is 0.746. The molecule has 0 aliphatic heterocycles. The first-order chi connectivity index (χ1) is 6.18. The number of hydrogen-bond acceptors (Lipinski definition) is 2. The normalized spacial score (nSPS) is 16.8. The van der Waals surface area contributed by atoms with Gasteiger partial charge in [0.05, 0.1) is 0 Å². The Morgan fingerprint density at radius 3 is 2.77 bits per heavy atom. The summed E-state index contributed by atoms with van der Waals surface area (Å²) in [5.74, 6) is 2.08. The van der Waals surface area contributed by atoms with Crippen molar-refractivity contribution in [2.45, 2.75) is 39.0 Å². The third-order valence-corrected chi connectivity index (χ3v) is 2.53. The Morgan fingerprint density at radius 1 is 1.54 bits per heavy atom. The van der Waals surface area contributed by atoms with E-state index in [0.29, 0.717) is 11.7 Å². The molecule has 3 N–H and O–H groups in total. The molecule has 3 nitrogen and oxygen atoms in total. The molecule has 2 rings (SSSR count). The predicted octanol–water partition coefficient (Wildman–Crippen LogP) is 2.07. The number of aromatic amines is 1. The third-order valence-electron chi connectivity index (χ3n) is 2.53. The highest BCUT2D eigenvalue weighted by atomic mass is 15.2. The molecule has 1 saturated carbocycles. The summed E-state index contributed by atoms with van der Waals surface area (Å²) in [4.78, 5) is 0. The lowest BCUT2D eigenvalue weighted by Gasteiger charge is -2.05. The van der Waals surface area contributed by atoms with E-state index in [0.717, 1.165) is 12.3 Å². The summed E-state index contributed by atoms with van der Waals surface area (Å²) in [5, 5.41) is 7.15. The summed E-state index contributed by atoms with van der Waals surface area (Å²) >= 11 is 0. The highest BCUT2D eigenvalue weighted by molar-refractivity contribution is 5.44. The SMILES string of the molecule is CC(C)Cc1c(N)n[nH]c1C1CC1. The first-order valence-corrected chi connectivity index (χ1v) is 5.01. The lowest BCUT2D eigenvalue weighted by molar-refractivity contribution is 0.644. The van der Waals surface area contributed by atoms with E-state index >= 15 is 0 Å². The molecule has 1 aliphatic rings. The number of nitrogen functional groups attached to an aromatic ring is 1. The largest absolute Gasteiger partial charge is 0.382 e. The zero-order valence-electron chi connectivity index (χ0n) is 8.30. The zero-order valence-corrected chi connectivity index (χ0v) is 8.30. The average molecular weight is 179 g/mol. The first kappa shape index (κ1) is 8.60. The van der Waals surface area contributed by atoms with Gasteiger partial charge in [0.2, 0.25) is 0 Å². The van der Waals surface area contributed by atoms with Crippen LogP contribution in [0, 0.1) is 5.92 Å². The average Bonchev–Trinajstić information content (AvgIpc) is 2.81. The number of nitrogens with two attached hydrogens (primary N) is 1. The summed E-state index contributed by atoms with van der Waals surface area (Å²) in [6.07, 6.45) is 3.65. The van der Waals surface area contributed by atoms with Crippen molar-refractivity contribution >= 4 is 5.82 Å². The van der Waals surface area contributed by atoms with Gasteiger partial charge in [-0.1, -0.05) is 13.8 Å². The van der Waals surface area contributed by atoms with Gasteiger partial charge in [0.15, 0.2) is 0 Å². The van der Waals surface area contributed by atoms with E-state index in [4.69, 9.17) is 5.73 Å². The van der Waals surface area contributed by atoms with Crippen LogP contribution in [0.15, 0.2) is 0 Å². The number of nitrogens with one attached hydrogen (secondary N) is 1. The van der Waals surface area contributed by atoms with Gasteiger partial charge >= 0.3 is 0 Å². The Morgan fingerprint density at radius 2 is 2.23 bits per heavy atom. The van der Waals surface area contributed by atoms with Crippen LogP contribution in [0.2, 0.25) is 0 Å². The molecule has 1 aliphatic carbocycles. The van der Waals surface area contributed by atoms with Crippen molar-refractivity contribution in [2.24, 2.45) is 5.92 Å². The van der Waals surface area contributed by atoms with Gasteiger partial charge in [0, 0.05) is 17.2 Å². The van der Waals surface area contributed by atoms with Gasteiger partial charge in [0.25, 0.3) is 0 Å². The number of rotatable bonds is 3. The minimum atomic E-state index is 0.650. The summed E-state index contributed by atoms with van der Waals surface area (Å²) in [6, 6.07) is 0. The van der Waals surface area contributed by atoms with Gasteiger partial charge < -0.3 is 5.73 Å². The third kappa shape index (κ3) is 1.69. The van der Waals surface area contributed by atoms with E-state index in [-0.39, 0.29) is 0 Å². The lowest BCUT2D eigenvalue weighted by Crippen LogP contribution is -2.00. The second-order valence-electron chi connectivity index (χ2n) is 4.37. The molecule has 1 aromatic rings. The highest BCUT2D eigenvalue weighted by Crippen LogP contribution is 2.42. The highest BCUT2D eigenvalue weighted by Gasteiger charge is 2.29. The van der Waals surface area contributed by atoms with Crippen molar-refractivity contribution in [1.29, 1.82) is 0 Å². The molecule has 1 fully saturated rings. The Kier molecular flexibility index (Phi) is 2.02. The Labute approximate surface area is 78.7 Å². The molecule has 0 unspecified atom stereocenters. The molecule has 1 aromatic heterocycles. The van der Waals surface area contributed by atoms with E-state index in [1.165, 1.54) is 24.1 Å². The Balaban J connectivity index is 2.23. The maximum Gasteiger partial charge on any atom is 0.148 e. The molecule has 72 valence electrons. The maximum absolute atomic E-state index is 5.81. The fraction of sp³-hybridized carbons (Fsp3) is 0.700. The molecule has 0 spiro atoms. The number of H-pyrrole nitrogens is 1. The standard InChI is InChI=1S/C10H17N3/c1-6(2)5-8-9(7-3-4-7)12-13-10(8)11/h6-7H,3-5H2,1-2H3,(H3,11,12,13). The fourth-order valence-corrected chi connectivity index (χ4v) is 1.73. The number of hydrogen-bond donors (Lipinski definition) is 2. The van der Waals surface area contributed by atoms with Crippen molar-refractivity contribution in [3.63, 3.8) is 0 Å². The van der Waals surface area contributed by atoms with E-state index in [1.807, 2.05) is 0 Å². The molecule has 13 heavy (non-hydrogen) atoms. The van der Waals surface area contributed by atoms with Gasteiger partial charge in [0.1, 0.15) is 5.82 Å². The van der Waals surface area contributed by atoms with Gasteiger partial charge in [-0.15, -0.1) is 0 Å². The predicted molar refractivity (Wildman–Crippen MR) is 53.5 cm³/mol.